The van der Waals surface area contributed by atoms with Crippen molar-refractivity contribution in [3.05, 3.63) is 29.3 Å². The summed E-state index contributed by atoms with van der Waals surface area (Å²) >= 11 is 3.72. The van der Waals surface area contributed by atoms with Crippen LogP contribution in [0.2, 0.25) is 0 Å². The lowest BCUT2D eigenvalue weighted by Gasteiger charge is -2.37. The van der Waals surface area contributed by atoms with Gasteiger partial charge in [0.05, 0.1) is 12.7 Å². The molecule has 2 bridgehead atoms. The van der Waals surface area contributed by atoms with Crippen molar-refractivity contribution in [3.8, 4) is 5.75 Å². The molecule has 3 rings (SSSR count). The van der Waals surface area contributed by atoms with Crippen molar-refractivity contribution in [1.29, 1.82) is 0 Å². The van der Waals surface area contributed by atoms with E-state index >= 15 is 0 Å². The van der Waals surface area contributed by atoms with E-state index in [4.69, 9.17) is 4.74 Å². The number of aryl methyl sites for hydroxylation is 1. The Hall–Kier alpha value is -1.03. The molecule has 20 heavy (non-hydrogen) atoms. The van der Waals surface area contributed by atoms with E-state index < -0.39 is 0 Å². The summed E-state index contributed by atoms with van der Waals surface area (Å²) in [5.74, 6) is 0.818. The second kappa shape index (κ2) is 5.40. The van der Waals surface area contributed by atoms with Crippen molar-refractivity contribution >= 4 is 21.8 Å². The fourth-order valence-electron chi connectivity index (χ4n) is 3.57. The molecule has 1 aromatic carbocycles. The Morgan fingerprint density at radius 3 is 2.55 bits per heavy atom. The first-order valence-electron chi connectivity index (χ1n) is 7.21. The zero-order valence-electron chi connectivity index (χ0n) is 11.9. The van der Waals surface area contributed by atoms with Crippen molar-refractivity contribution in [2.45, 2.75) is 49.5 Å². The number of nitrogens with zero attached hydrogens (tertiary/aromatic N) is 1. The van der Waals surface area contributed by atoms with Crippen LogP contribution in [0.3, 0.4) is 0 Å². The van der Waals surface area contributed by atoms with Crippen molar-refractivity contribution in [2.24, 2.45) is 0 Å². The summed E-state index contributed by atoms with van der Waals surface area (Å²) in [7, 11) is 1.63. The van der Waals surface area contributed by atoms with Gasteiger partial charge in [-0.1, -0.05) is 27.6 Å². The van der Waals surface area contributed by atoms with Gasteiger partial charge in [0.25, 0.3) is 5.91 Å². The number of methoxy groups -OCH3 is 1. The Morgan fingerprint density at radius 1 is 1.30 bits per heavy atom. The zero-order chi connectivity index (χ0) is 14.3. The molecule has 3 nitrogen and oxygen atoms in total. The van der Waals surface area contributed by atoms with E-state index in [-0.39, 0.29) is 5.91 Å². The molecule has 2 aliphatic heterocycles. The number of alkyl halides is 1. The van der Waals surface area contributed by atoms with Crippen molar-refractivity contribution in [2.75, 3.05) is 7.11 Å². The SMILES string of the molecule is COc1ccc(C)cc1C(=O)N1C2CCC1CC(Br)C2. The summed E-state index contributed by atoms with van der Waals surface area (Å²) in [5, 5.41) is 0. The number of rotatable bonds is 2. The standard InChI is InChI=1S/C16H20BrNO2/c1-10-3-6-15(20-2)14(7-10)16(19)18-12-4-5-13(18)9-11(17)8-12/h3,6-7,11-13H,4-5,8-9H2,1-2H3. The van der Waals surface area contributed by atoms with Crippen LogP contribution in [0.1, 0.15) is 41.6 Å². The van der Waals surface area contributed by atoms with Gasteiger partial charge in [0.2, 0.25) is 0 Å². The quantitative estimate of drug-likeness (QED) is 0.772. The van der Waals surface area contributed by atoms with Gasteiger partial charge in [-0.2, -0.15) is 0 Å². The normalized spacial score (nSPS) is 28.6. The van der Waals surface area contributed by atoms with Crippen LogP contribution in [0.4, 0.5) is 0 Å². The van der Waals surface area contributed by atoms with Gasteiger partial charge in [0, 0.05) is 16.9 Å². The topological polar surface area (TPSA) is 29.5 Å². The molecular formula is C16H20BrNO2. The number of amides is 1. The minimum absolute atomic E-state index is 0.137. The molecule has 0 aliphatic carbocycles. The number of carbonyl (C=O) groups is 1. The Kier molecular flexibility index (Phi) is 3.76. The number of halogens is 1. The molecule has 2 atom stereocenters. The molecule has 2 aliphatic rings. The lowest BCUT2D eigenvalue weighted by atomic mass is 10.0. The van der Waals surface area contributed by atoms with Gasteiger partial charge in [-0.25, -0.2) is 0 Å². The fourth-order valence-corrected chi connectivity index (χ4v) is 4.43. The Bertz CT molecular complexity index is 517. The lowest BCUT2D eigenvalue weighted by Crippen LogP contribution is -2.46. The van der Waals surface area contributed by atoms with Gasteiger partial charge in [-0.3, -0.25) is 4.79 Å². The molecule has 0 aromatic heterocycles. The Balaban J connectivity index is 1.92. The van der Waals surface area contributed by atoms with Gasteiger partial charge in [-0.05, 0) is 44.7 Å². The van der Waals surface area contributed by atoms with Gasteiger partial charge < -0.3 is 9.64 Å². The number of hydrogen-bond donors (Lipinski definition) is 0. The molecule has 2 saturated heterocycles. The zero-order valence-corrected chi connectivity index (χ0v) is 13.5. The van der Waals surface area contributed by atoms with Crippen LogP contribution in [0, 0.1) is 6.92 Å². The molecule has 4 heteroatoms. The lowest BCUT2D eigenvalue weighted by molar-refractivity contribution is 0.0600. The minimum atomic E-state index is 0.137. The number of ether oxygens (including phenoxy) is 1. The third kappa shape index (κ3) is 2.34. The molecule has 0 spiro atoms. The molecule has 2 unspecified atom stereocenters. The van der Waals surface area contributed by atoms with E-state index in [0.717, 1.165) is 31.2 Å². The summed E-state index contributed by atoms with van der Waals surface area (Å²) in [6, 6.07) is 6.59. The van der Waals surface area contributed by atoms with Crippen LogP contribution in [0.25, 0.3) is 0 Å². The average molecular weight is 338 g/mol. The van der Waals surface area contributed by atoms with Crippen LogP contribution in [-0.4, -0.2) is 34.8 Å². The first-order valence-corrected chi connectivity index (χ1v) is 8.13. The molecule has 1 aromatic rings. The highest BCUT2D eigenvalue weighted by Crippen LogP contribution is 2.40. The number of carbonyl (C=O) groups excluding carboxylic acids is 1. The molecule has 1 amide bonds. The molecular weight excluding hydrogens is 318 g/mol. The number of benzene rings is 1. The molecule has 108 valence electrons. The van der Waals surface area contributed by atoms with E-state index in [9.17, 15) is 4.79 Å². The summed E-state index contributed by atoms with van der Waals surface area (Å²) in [5.41, 5.74) is 1.80. The van der Waals surface area contributed by atoms with Gasteiger partial charge in [0.15, 0.2) is 0 Å². The molecule has 0 radical (unpaired) electrons. The van der Waals surface area contributed by atoms with E-state index in [2.05, 4.69) is 20.8 Å². The number of piperidine rings is 1. The smallest absolute Gasteiger partial charge is 0.258 e. The monoisotopic (exact) mass is 337 g/mol. The van der Waals surface area contributed by atoms with Gasteiger partial charge in [-0.15, -0.1) is 0 Å². The van der Waals surface area contributed by atoms with E-state index in [1.54, 1.807) is 7.11 Å². The highest BCUT2D eigenvalue weighted by atomic mass is 79.9. The summed E-state index contributed by atoms with van der Waals surface area (Å²) < 4.78 is 5.37. The highest BCUT2D eigenvalue weighted by molar-refractivity contribution is 9.09. The van der Waals surface area contributed by atoms with Gasteiger partial charge >= 0.3 is 0 Å². The first-order chi connectivity index (χ1) is 9.60. The molecule has 0 saturated carbocycles. The van der Waals surface area contributed by atoms with E-state index in [1.807, 2.05) is 25.1 Å². The molecule has 0 N–H and O–H groups in total. The van der Waals surface area contributed by atoms with Crippen LogP contribution in [0.5, 0.6) is 5.75 Å². The third-order valence-corrected chi connectivity index (χ3v) is 5.24. The first kappa shape index (κ1) is 13.9. The summed E-state index contributed by atoms with van der Waals surface area (Å²) in [6.45, 7) is 2.01. The molecule has 2 heterocycles. The van der Waals surface area contributed by atoms with Crippen LogP contribution < -0.4 is 4.74 Å². The maximum Gasteiger partial charge on any atom is 0.258 e. The van der Waals surface area contributed by atoms with Crippen LogP contribution >= 0.6 is 15.9 Å². The predicted molar refractivity (Wildman–Crippen MR) is 82.7 cm³/mol. The third-order valence-electron chi connectivity index (χ3n) is 4.50. The maximum atomic E-state index is 12.9. The number of fused-ring (bicyclic) bond motifs is 2. The largest absolute Gasteiger partial charge is 0.496 e. The second-order valence-electron chi connectivity index (χ2n) is 5.87. The van der Waals surface area contributed by atoms with E-state index in [0.29, 0.717) is 28.2 Å². The highest BCUT2D eigenvalue weighted by Gasteiger charge is 2.43. The predicted octanol–water partition coefficient (Wildman–Crippen LogP) is 3.53. The van der Waals surface area contributed by atoms with Crippen LogP contribution in [0.15, 0.2) is 18.2 Å². The second-order valence-corrected chi connectivity index (χ2v) is 7.16. The molecule has 2 fully saturated rings. The average Bonchev–Trinajstić information content (AvgIpc) is 2.70. The van der Waals surface area contributed by atoms with Crippen LogP contribution in [-0.2, 0) is 0 Å². The van der Waals surface area contributed by atoms with Crippen molar-refractivity contribution in [1.82, 2.24) is 4.90 Å². The Morgan fingerprint density at radius 2 is 1.95 bits per heavy atom. The van der Waals surface area contributed by atoms with E-state index in [1.165, 1.54) is 0 Å². The maximum absolute atomic E-state index is 12.9. The number of hydrogen-bond acceptors (Lipinski definition) is 2. The fraction of sp³-hybridized carbons (Fsp3) is 0.562. The minimum Gasteiger partial charge on any atom is -0.496 e. The van der Waals surface area contributed by atoms with Crippen molar-refractivity contribution in [3.63, 3.8) is 0 Å². The van der Waals surface area contributed by atoms with Crippen molar-refractivity contribution < 1.29 is 9.53 Å². The van der Waals surface area contributed by atoms with Gasteiger partial charge in [0.1, 0.15) is 5.75 Å². The summed E-state index contributed by atoms with van der Waals surface area (Å²) in [6.07, 6.45) is 4.39. The summed E-state index contributed by atoms with van der Waals surface area (Å²) in [4.78, 5) is 15.6. The Labute approximate surface area is 128 Å².